The van der Waals surface area contributed by atoms with Crippen LogP contribution in [0.2, 0.25) is 0 Å². The molecular weight excluding hydrogens is 389 g/mol. The van der Waals surface area contributed by atoms with Crippen LogP contribution in [-0.4, -0.2) is 49.0 Å². The minimum Gasteiger partial charge on any atom is -0.447 e. The van der Waals surface area contributed by atoms with Crippen molar-refractivity contribution in [2.75, 3.05) is 36.5 Å². The number of rotatable bonds is 4. The summed E-state index contributed by atoms with van der Waals surface area (Å²) in [5.74, 6) is -0.848. The average Bonchev–Trinajstić information content (AvgIpc) is 3.20. The smallest absolute Gasteiger partial charge is 0.414 e. The molecular formula is C22H22FN3O4. The van der Waals surface area contributed by atoms with Crippen LogP contribution in [0.15, 0.2) is 48.5 Å². The summed E-state index contributed by atoms with van der Waals surface area (Å²) < 4.78 is 18.0. The van der Waals surface area contributed by atoms with Crippen LogP contribution in [0.25, 0.3) is 0 Å². The molecule has 0 unspecified atom stereocenters. The molecule has 0 bridgehead atoms. The lowest BCUT2D eigenvalue weighted by Gasteiger charge is -2.31. The number of cyclic esters (lactones) is 1. The third-order valence-electron chi connectivity index (χ3n) is 5.43. The molecule has 7 nitrogen and oxygen atoms in total. The van der Waals surface area contributed by atoms with E-state index < -0.39 is 6.09 Å². The Labute approximate surface area is 173 Å². The van der Waals surface area contributed by atoms with Crippen molar-refractivity contribution in [2.24, 2.45) is 5.92 Å². The van der Waals surface area contributed by atoms with Crippen LogP contribution in [-0.2, 0) is 9.53 Å². The van der Waals surface area contributed by atoms with E-state index in [1.54, 1.807) is 29.2 Å². The third-order valence-corrected chi connectivity index (χ3v) is 5.43. The van der Waals surface area contributed by atoms with Crippen molar-refractivity contribution in [3.05, 3.63) is 59.9 Å². The van der Waals surface area contributed by atoms with Gasteiger partial charge in [0.1, 0.15) is 12.4 Å². The lowest BCUT2D eigenvalue weighted by Crippen LogP contribution is -2.41. The molecule has 3 amide bonds. The van der Waals surface area contributed by atoms with Crippen molar-refractivity contribution >= 4 is 29.3 Å². The van der Waals surface area contributed by atoms with Gasteiger partial charge in [0, 0.05) is 35.9 Å². The van der Waals surface area contributed by atoms with Gasteiger partial charge in [-0.05, 0) is 55.3 Å². The molecule has 2 aliphatic heterocycles. The second kappa shape index (κ2) is 8.52. The minimum absolute atomic E-state index is 0.106. The van der Waals surface area contributed by atoms with E-state index in [2.05, 4.69) is 5.32 Å². The molecule has 0 saturated carbocycles. The van der Waals surface area contributed by atoms with Crippen molar-refractivity contribution in [1.82, 2.24) is 4.90 Å². The molecule has 2 aromatic carbocycles. The van der Waals surface area contributed by atoms with E-state index in [1.807, 2.05) is 0 Å². The highest BCUT2D eigenvalue weighted by atomic mass is 19.1. The molecule has 2 fully saturated rings. The molecule has 0 atom stereocenters. The highest BCUT2D eigenvalue weighted by Crippen LogP contribution is 2.25. The zero-order valence-corrected chi connectivity index (χ0v) is 16.3. The predicted molar refractivity (Wildman–Crippen MR) is 109 cm³/mol. The van der Waals surface area contributed by atoms with E-state index in [0.717, 1.165) is 0 Å². The minimum atomic E-state index is -0.392. The second-order valence-electron chi connectivity index (χ2n) is 7.38. The molecule has 2 heterocycles. The Balaban J connectivity index is 1.33. The lowest BCUT2D eigenvalue weighted by atomic mass is 9.95. The summed E-state index contributed by atoms with van der Waals surface area (Å²) in [5, 5.41) is 2.91. The number of likely N-dealkylation sites (tertiary alicyclic amines) is 1. The molecule has 0 aromatic heterocycles. The number of nitrogens with one attached hydrogen (secondary N) is 1. The maximum absolute atomic E-state index is 13.0. The van der Waals surface area contributed by atoms with E-state index in [4.69, 9.17) is 4.74 Å². The second-order valence-corrected chi connectivity index (χ2v) is 7.38. The molecule has 1 N–H and O–H groups in total. The first-order chi connectivity index (χ1) is 14.5. The topological polar surface area (TPSA) is 79.0 Å². The first-order valence-electron chi connectivity index (χ1n) is 9.91. The predicted octanol–water partition coefficient (Wildman–Crippen LogP) is 3.27. The van der Waals surface area contributed by atoms with Crippen LogP contribution in [0, 0.1) is 11.7 Å². The van der Waals surface area contributed by atoms with Crippen LogP contribution in [0.3, 0.4) is 0 Å². The summed E-state index contributed by atoms with van der Waals surface area (Å²) in [4.78, 5) is 40.2. The van der Waals surface area contributed by atoms with Gasteiger partial charge >= 0.3 is 6.09 Å². The van der Waals surface area contributed by atoms with Crippen molar-refractivity contribution < 1.29 is 23.5 Å². The number of halogens is 1. The van der Waals surface area contributed by atoms with E-state index in [-0.39, 0.29) is 23.5 Å². The monoisotopic (exact) mass is 411 g/mol. The van der Waals surface area contributed by atoms with Crippen LogP contribution < -0.4 is 10.2 Å². The molecule has 4 rings (SSSR count). The maximum atomic E-state index is 13.0. The van der Waals surface area contributed by atoms with Gasteiger partial charge in [0.2, 0.25) is 5.91 Å². The number of piperidine rings is 1. The molecule has 8 heteroatoms. The zero-order chi connectivity index (χ0) is 21.1. The maximum Gasteiger partial charge on any atom is 0.414 e. The first-order valence-corrected chi connectivity index (χ1v) is 9.91. The molecule has 156 valence electrons. The normalized spacial score (nSPS) is 17.0. The Morgan fingerprint density at radius 3 is 2.43 bits per heavy atom. The number of carbonyl (C=O) groups excluding carboxylic acids is 3. The first kappa shape index (κ1) is 19.9. The van der Waals surface area contributed by atoms with Gasteiger partial charge in [-0.15, -0.1) is 0 Å². The summed E-state index contributed by atoms with van der Waals surface area (Å²) in [5.41, 5.74) is 1.73. The lowest BCUT2D eigenvalue weighted by molar-refractivity contribution is -0.121. The summed E-state index contributed by atoms with van der Waals surface area (Å²) in [6.45, 7) is 1.77. The van der Waals surface area contributed by atoms with Gasteiger partial charge in [-0.3, -0.25) is 14.5 Å². The van der Waals surface area contributed by atoms with Gasteiger partial charge in [-0.2, -0.15) is 0 Å². The quantitative estimate of drug-likeness (QED) is 0.838. The summed E-state index contributed by atoms with van der Waals surface area (Å²) >= 11 is 0. The molecule has 2 saturated heterocycles. The fourth-order valence-electron chi connectivity index (χ4n) is 3.74. The molecule has 0 radical (unpaired) electrons. The summed E-state index contributed by atoms with van der Waals surface area (Å²) in [7, 11) is 0. The van der Waals surface area contributed by atoms with Gasteiger partial charge in [0.15, 0.2) is 0 Å². The Morgan fingerprint density at radius 1 is 1.03 bits per heavy atom. The number of amides is 3. The van der Waals surface area contributed by atoms with Gasteiger partial charge in [0.25, 0.3) is 5.91 Å². The van der Waals surface area contributed by atoms with Crippen LogP contribution in [0.1, 0.15) is 23.2 Å². The van der Waals surface area contributed by atoms with Crippen molar-refractivity contribution in [2.45, 2.75) is 12.8 Å². The van der Waals surface area contributed by atoms with Gasteiger partial charge < -0.3 is 15.0 Å². The highest BCUT2D eigenvalue weighted by Gasteiger charge is 2.28. The van der Waals surface area contributed by atoms with E-state index in [9.17, 15) is 18.8 Å². The number of ether oxygens (including phenoxy) is 1. The Bertz CT molecular complexity index is 955. The summed E-state index contributed by atoms with van der Waals surface area (Å²) in [6, 6.07) is 12.6. The Hall–Kier alpha value is -3.42. The number of nitrogens with zero attached hydrogens (tertiary/aromatic N) is 2. The Kier molecular flexibility index (Phi) is 5.65. The van der Waals surface area contributed by atoms with Gasteiger partial charge in [0.05, 0.1) is 6.54 Å². The van der Waals surface area contributed by atoms with Crippen molar-refractivity contribution in [3.63, 3.8) is 0 Å². The summed E-state index contributed by atoms with van der Waals surface area (Å²) in [6.07, 6.45) is 0.713. The molecule has 2 aromatic rings. The molecule has 0 aliphatic carbocycles. The SMILES string of the molecule is O=C(Nc1cccc(N2CCOC2=O)c1)C1CCN(C(=O)c2ccc(F)cc2)CC1. The van der Waals surface area contributed by atoms with Gasteiger partial charge in [-0.1, -0.05) is 6.07 Å². The standard InChI is InChI=1S/C22H22FN3O4/c23-17-6-4-16(5-7-17)21(28)25-10-8-15(9-11-25)20(27)24-18-2-1-3-19(14-18)26-12-13-30-22(26)29/h1-7,14-15H,8-13H2,(H,24,27). The number of hydrogen-bond acceptors (Lipinski definition) is 4. The molecule has 2 aliphatic rings. The fraction of sp³-hybridized carbons (Fsp3) is 0.318. The van der Waals surface area contributed by atoms with Crippen LogP contribution >= 0.6 is 0 Å². The number of hydrogen-bond donors (Lipinski definition) is 1. The number of carbonyl (C=O) groups is 3. The largest absolute Gasteiger partial charge is 0.447 e. The zero-order valence-electron chi connectivity index (χ0n) is 16.3. The van der Waals surface area contributed by atoms with E-state index >= 15 is 0 Å². The molecule has 0 spiro atoms. The Morgan fingerprint density at radius 2 is 1.77 bits per heavy atom. The highest BCUT2D eigenvalue weighted by molar-refractivity contribution is 5.96. The van der Waals surface area contributed by atoms with Crippen molar-refractivity contribution in [3.8, 4) is 0 Å². The fourth-order valence-corrected chi connectivity index (χ4v) is 3.74. The third kappa shape index (κ3) is 4.27. The van der Waals surface area contributed by atoms with Crippen molar-refractivity contribution in [1.29, 1.82) is 0 Å². The van der Waals surface area contributed by atoms with E-state index in [0.29, 0.717) is 56.0 Å². The van der Waals surface area contributed by atoms with Gasteiger partial charge in [-0.25, -0.2) is 9.18 Å². The number of anilines is 2. The van der Waals surface area contributed by atoms with Crippen LogP contribution in [0.5, 0.6) is 0 Å². The number of benzene rings is 2. The van der Waals surface area contributed by atoms with Crippen LogP contribution in [0.4, 0.5) is 20.6 Å². The average molecular weight is 411 g/mol. The molecule has 30 heavy (non-hydrogen) atoms. The van der Waals surface area contributed by atoms with E-state index in [1.165, 1.54) is 29.2 Å².